The van der Waals surface area contributed by atoms with Crippen molar-refractivity contribution < 1.29 is 9.15 Å². The highest BCUT2D eigenvalue weighted by Gasteiger charge is 2.09. The molecule has 0 bridgehead atoms. The number of rotatable bonds is 4. The lowest BCUT2D eigenvalue weighted by Crippen LogP contribution is -2.07. The van der Waals surface area contributed by atoms with Crippen molar-refractivity contribution in [2.24, 2.45) is 10.7 Å². The Hall–Kier alpha value is -2.44. The summed E-state index contributed by atoms with van der Waals surface area (Å²) >= 11 is 7.55. The molecule has 2 aromatic carbocycles. The molecule has 5 nitrogen and oxygen atoms in total. The number of thioether (sulfide) groups is 1. The minimum absolute atomic E-state index is 0.398. The van der Waals surface area contributed by atoms with Crippen LogP contribution in [0.3, 0.4) is 0 Å². The van der Waals surface area contributed by atoms with Gasteiger partial charge in [0.15, 0.2) is 5.17 Å². The van der Waals surface area contributed by atoms with Gasteiger partial charge in [0.05, 0.1) is 12.8 Å². The predicted molar refractivity (Wildman–Crippen MR) is 108 cm³/mol. The Morgan fingerprint density at radius 1 is 1.27 bits per heavy atom. The van der Waals surface area contributed by atoms with Crippen LogP contribution < -0.4 is 16.1 Å². The monoisotopic (exact) mass is 388 g/mol. The third-order valence-corrected chi connectivity index (χ3v) is 5.05. The molecule has 0 spiro atoms. The summed E-state index contributed by atoms with van der Waals surface area (Å²) in [5.74, 6) is 1.23. The molecule has 0 amide bonds. The molecule has 0 fully saturated rings. The quantitative estimate of drug-likeness (QED) is 0.400. The molecule has 3 aromatic rings. The van der Waals surface area contributed by atoms with Crippen LogP contribution in [-0.2, 0) is 5.75 Å². The van der Waals surface area contributed by atoms with E-state index < -0.39 is 5.63 Å². The fraction of sp³-hybridized carbons (Fsp3) is 0.158. The van der Waals surface area contributed by atoms with E-state index >= 15 is 0 Å². The number of halogens is 1. The number of hydrogen-bond acceptors (Lipinski definition) is 5. The Morgan fingerprint density at radius 2 is 2.00 bits per heavy atom. The van der Waals surface area contributed by atoms with Gasteiger partial charge in [0.1, 0.15) is 11.3 Å². The summed E-state index contributed by atoms with van der Waals surface area (Å²) in [6, 6.07) is 12.3. The number of nitrogens with two attached hydrogens (primary N) is 1. The fourth-order valence-electron chi connectivity index (χ4n) is 2.44. The molecule has 0 atom stereocenters. The summed E-state index contributed by atoms with van der Waals surface area (Å²) in [5.41, 5.74) is 8.51. The topological polar surface area (TPSA) is 77.8 Å². The number of fused-ring (bicyclic) bond motifs is 1. The maximum Gasteiger partial charge on any atom is 0.336 e. The van der Waals surface area contributed by atoms with E-state index in [0.29, 0.717) is 21.5 Å². The molecule has 7 heteroatoms. The maximum absolute atomic E-state index is 11.8. The molecule has 1 aromatic heterocycles. The van der Waals surface area contributed by atoms with Crippen molar-refractivity contribution in [3.05, 3.63) is 69.0 Å². The molecule has 0 saturated carbocycles. The van der Waals surface area contributed by atoms with E-state index in [0.717, 1.165) is 28.0 Å². The van der Waals surface area contributed by atoms with Crippen LogP contribution >= 0.6 is 23.4 Å². The average molecular weight is 389 g/mol. The van der Waals surface area contributed by atoms with Crippen LogP contribution in [0.2, 0.25) is 5.02 Å². The Labute approximate surface area is 159 Å². The molecule has 0 aliphatic carbocycles. The van der Waals surface area contributed by atoms with Gasteiger partial charge in [-0.2, -0.15) is 0 Å². The van der Waals surface area contributed by atoms with Crippen molar-refractivity contribution in [2.75, 3.05) is 7.11 Å². The maximum atomic E-state index is 11.8. The van der Waals surface area contributed by atoms with Crippen LogP contribution in [0.25, 0.3) is 11.0 Å². The molecule has 0 aliphatic rings. The smallest absolute Gasteiger partial charge is 0.336 e. The minimum atomic E-state index is -0.402. The average Bonchev–Trinajstić information content (AvgIpc) is 2.62. The van der Waals surface area contributed by atoms with Crippen molar-refractivity contribution in [1.82, 2.24) is 0 Å². The second-order valence-corrected chi connectivity index (χ2v) is 7.03. The lowest BCUT2D eigenvalue weighted by molar-refractivity contribution is 0.415. The van der Waals surface area contributed by atoms with Crippen molar-refractivity contribution in [1.29, 1.82) is 0 Å². The Bertz CT molecular complexity index is 1030. The Balaban J connectivity index is 1.83. The van der Waals surface area contributed by atoms with E-state index in [1.165, 1.54) is 17.8 Å². The first kappa shape index (κ1) is 18.4. The van der Waals surface area contributed by atoms with Crippen LogP contribution in [-0.4, -0.2) is 12.3 Å². The normalized spacial score (nSPS) is 11.7. The Kier molecular flexibility index (Phi) is 5.54. The summed E-state index contributed by atoms with van der Waals surface area (Å²) in [5, 5.41) is 1.82. The van der Waals surface area contributed by atoms with Gasteiger partial charge in [-0.15, -0.1) is 0 Å². The van der Waals surface area contributed by atoms with E-state index in [2.05, 4.69) is 4.99 Å². The zero-order chi connectivity index (χ0) is 18.7. The summed E-state index contributed by atoms with van der Waals surface area (Å²) in [6.07, 6.45) is 0. The summed E-state index contributed by atoms with van der Waals surface area (Å²) in [4.78, 5) is 16.2. The number of benzene rings is 2. The number of nitrogens with zero attached hydrogens (tertiary/aromatic N) is 1. The first-order valence-electron chi connectivity index (χ1n) is 7.80. The molecular formula is C19H17ClN2O3S. The van der Waals surface area contributed by atoms with Crippen LogP contribution in [0.5, 0.6) is 5.75 Å². The van der Waals surface area contributed by atoms with Crippen molar-refractivity contribution >= 4 is 45.2 Å². The zero-order valence-electron chi connectivity index (χ0n) is 14.3. The Morgan fingerprint density at radius 3 is 2.69 bits per heavy atom. The van der Waals surface area contributed by atoms with Crippen molar-refractivity contribution in [3.8, 4) is 5.75 Å². The molecule has 0 saturated heterocycles. The van der Waals surface area contributed by atoms with Gasteiger partial charge in [0, 0.05) is 22.2 Å². The standard InChI is InChI=1S/C19H17ClN2O3S/c1-11-7-17-15(9-16(11)20)12(8-18(23)25-17)10-26-19(21)22-13-3-5-14(24-2)6-4-13/h3-9H,10H2,1-2H3,(H2,21,22). The van der Waals surface area contributed by atoms with Crippen LogP contribution in [0.15, 0.2) is 56.7 Å². The number of aliphatic imine (C=N–C) groups is 1. The number of ether oxygens (including phenoxy) is 1. The SMILES string of the molecule is COc1ccc(N=C(N)SCc2cc(=O)oc3cc(C)c(Cl)cc23)cc1. The largest absolute Gasteiger partial charge is 0.497 e. The molecule has 3 rings (SSSR count). The number of hydrogen-bond donors (Lipinski definition) is 1. The van der Waals surface area contributed by atoms with Gasteiger partial charge in [-0.25, -0.2) is 9.79 Å². The van der Waals surface area contributed by atoms with Gasteiger partial charge in [-0.3, -0.25) is 0 Å². The van der Waals surface area contributed by atoms with Crippen LogP contribution in [0.1, 0.15) is 11.1 Å². The van der Waals surface area contributed by atoms with E-state index in [1.807, 2.05) is 37.3 Å². The minimum Gasteiger partial charge on any atom is -0.497 e. The van der Waals surface area contributed by atoms with Gasteiger partial charge in [-0.1, -0.05) is 23.4 Å². The van der Waals surface area contributed by atoms with Crippen LogP contribution in [0, 0.1) is 6.92 Å². The lowest BCUT2D eigenvalue weighted by atomic mass is 10.1. The predicted octanol–water partition coefficient (Wildman–Crippen LogP) is 4.64. The summed E-state index contributed by atoms with van der Waals surface area (Å²) in [6.45, 7) is 1.86. The zero-order valence-corrected chi connectivity index (χ0v) is 15.9. The molecular weight excluding hydrogens is 372 g/mol. The van der Waals surface area contributed by atoms with Gasteiger partial charge < -0.3 is 14.9 Å². The van der Waals surface area contributed by atoms with Crippen LogP contribution in [0.4, 0.5) is 5.69 Å². The molecule has 0 aliphatic heterocycles. The van der Waals surface area contributed by atoms with E-state index in [1.54, 1.807) is 13.2 Å². The first-order chi connectivity index (χ1) is 12.5. The number of aryl methyl sites for hydroxylation is 1. The number of methoxy groups -OCH3 is 1. The fourth-order valence-corrected chi connectivity index (χ4v) is 3.31. The van der Waals surface area contributed by atoms with E-state index in [-0.39, 0.29) is 0 Å². The van der Waals surface area contributed by atoms with E-state index in [9.17, 15) is 4.79 Å². The van der Waals surface area contributed by atoms with Gasteiger partial charge in [0.2, 0.25) is 0 Å². The van der Waals surface area contributed by atoms with Crippen molar-refractivity contribution in [3.63, 3.8) is 0 Å². The third-order valence-electron chi connectivity index (χ3n) is 3.80. The highest BCUT2D eigenvalue weighted by molar-refractivity contribution is 8.13. The lowest BCUT2D eigenvalue weighted by Gasteiger charge is -2.07. The molecule has 0 unspecified atom stereocenters. The third kappa shape index (κ3) is 4.20. The molecule has 0 radical (unpaired) electrons. The molecule has 26 heavy (non-hydrogen) atoms. The second kappa shape index (κ2) is 7.85. The molecule has 1 heterocycles. The number of amidine groups is 1. The summed E-state index contributed by atoms with van der Waals surface area (Å²) < 4.78 is 10.4. The van der Waals surface area contributed by atoms with Crippen molar-refractivity contribution in [2.45, 2.75) is 12.7 Å². The second-order valence-electron chi connectivity index (χ2n) is 5.62. The van der Waals surface area contributed by atoms with Gasteiger partial charge >= 0.3 is 5.63 Å². The highest BCUT2D eigenvalue weighted by Crippen LogP contribution is 2.27. The first-order valence-corrected chi connectivity index (χ1v) is 9.16. The molecule has 134 valence electrons. The molecule has 2 N–H and O–H groups in total. The summed E-state index contributed by atoms with van der Waals surface area (Å²) in [7, 11) is 1.61. The highest BCUT2D eigenvalue weighted by atomic mass is 35.5. The van der Waals surface area contributed by atoms with E-state index in [4.69, 9.17) is 26.5 Å². The van der Waals surface area contributed by atoms with Gasteiger partial charge in [0.25, 0.3) is 0 Å². The van der Waals surface area contributed by atoms with Gasteiger partial charge in [-0.05, 0) is 54.4 Å².